The monoisotopic (exact) mass is 498 g/mol. The van der Waals surface area contributed by atoms with Crippen molar-refractivity contribution < 1.29 is 33.9 Å². The molecule has 0 radical (unpaired) electrons. The summed E-state index contributed by atoms with van der Waals surface area (Å²) in [5.74, 6) is -4.49. The molecule has 0 bridgehead atoms. The van der Waals surface area contributed by atoms with Crippen LogP contribution in [0.1, 0.15) is 47.5 Å². The Hall–Kier alpha value is -3.22. The largest absolute Gasteiger partial charge is 0.480 e. The molecule has 35 heavy (non-hydrogen) atoms. The van der Waals surface area contributed by atoms with E-state index in [2.05, 4.69) is 21.3 Å². The van der Waals surface area contributed by atoms with Gasteiger partial charge in [-0.05, 0) is 31.6 Å². The molecule has 4 atom stereocenters. The van der Waals surface area contributed by atoms with E-state index in [0.29, 0.717) is 19.4 Å². The number of aliphatic carboxylic acids is 1. The predicted octanol–water partition coefficient (Wildman–Crippen LogP) is -2.08. The van der Waals surface area contributed by atoms with Crippen LogP contribution in [-0.4, -0.2) is 89.3 Å². The molecule has 13 nitrogen and oxygen atoms in total. The number of amides is 5. The summed E-state index contributed by atoms with van der Waals surface area (Å²) in [7, 11) is 0. The molecule has 13 heteroatoms. The fourth-order valence-electron chi connectivity index (χ4n) is 3.74. The Morgan fingerprint density at radius 3 is 1.97 bits per heavy atom. The number of carboxylic acids is 1. The van der Waals surface area contributed by atoms with Crippen LogP contribution in [0.5, 0.6) is 0 Å². The highest BCUT2D eigenvalue weighted by Gasteiger charge is 2.37. The molecular weight excluding hydrogens is 460 g/mol. The van der Waals surface area contributed by atoms with Gasteiger partial charge in [-0.15, -0.1) is 0 Å². The summed E-state index contributed by atoms with van der Waals surface area (Å²) >= 11 is 0. The second-order valence-corrected chi connectivity index (χ2v) is 9.26. The molecule has 1 aliphatic rings. The summed E-state index contributed by atoms with van der Waals surface area (Å²) in [6.45, 7) is 7.87. The molecule has 0 aromatic carbocycles. The Morgan fingerprint density at radius 2 is 1.46 bits per heavy atom. The first-order valence-corrected chi connectivity index (χ1v) is 11.7. The molecule has 1 heterocycles. The Morgan fingerprint density at radius 1 is 0.914 bits per heavy atom. The summed E-state index contributed by atoms with van der Waals surface area (Å²) in [6, 6.07) is -3.69. The maximum absolute atomic E-state index is 13.0. The highest BCUT2D eigenvalue weighted by atomic mass is 16.4. The number of carboxylic acid groups (broad SMARTS) is 1. The van der Waals surface area contributed by atoms with Crippen molar-refractivity contribution in [2.75, 3.05) is 19.6 Å². The van der Waals surface area contributed by atoms with Crippen molar-refractivity contribution in [2.45, 2.75) is 71.6 Å². The minimum Gasteiger partial charge on any atom is -0.480 e. The van der Waals surface area contributed by atoms with Crippen molar-refractivity contribution in [2.24, 2.45) is 17.6 Å². The van der Waals surface area contributed by atoms with Crippen molar-refractivity contribution in [1.82, 2.24) is 26.2 Å². The van der Waals surface area contributed by atoms with Gasteiger partial charge in [-0.3, -0.25) is 28.8 Å². The van der Waals surface area contributed by atoms with Crippen LogP contribution in [0.2, 0.25) is 0 Å². The van der Waals surface area contributed by atoms with Gasteiger partial charge in [-0.25, -0.2) is 0 Å². The number of nitrogens with two attached hydrogens (primary N) is 1. The van der Waals surface area contributed by atoms with Gasteiger partial charge in [-0.1, -0.05) is 27.7 Å². The van der Waals surface area contributed by atoms with Gasteiger partial charge in [0.1, 0.15) is 30.7 Å². The van der Waals surface area contributed by atoms with Gasteiger partial charge in [0.15, 0.2) is 0 Å². The third kappa shape index (κ3) is 8.81. The molecule has 0 aromatic rings. The van der Waals surface area contributed by atoms with E-state index in [1.807, 2.05) is 0 Å². The summed E-state index contributed by atoms with van der Waals surface area (Å²) < 4.78 is 0. The van der Waals surface area contributed by atoms with Crippen LogP contribution < -0.4 is 27.0 Å². The van der Waals surface area contributed by atoms with Crippen LogP contribution in [-0.2, 0) is 28.8 Å². The molecule has 0 saturated carbocycles. The second-order valence-electron chi connectivity index (χ2n) is 9.26. The lowest BCUT2D eigenvalue weighted by Gasteiger charge is -2.30. The highest BCUT2D eigenvalue weighted by molar-refractivity contribution is 5.96. The van der Waals surface area contributed by atoms with E-state index in [0.717, 1.165) is 0 Å². The standard InChI is InChI=1S/C22H38N6O7/c1-11(2)17(26-15(29)9-23)21(34)27-18(12(3)4)20(33)25-13(5)22(35)28-8-6-7-14(28)19(32)24-10-16(30)31/h11-14,17-18H,6-10,23H2,1-5H3,(H,24,32)(H,25,33)(H,26,29)(H,27,34)(H,30,31)/t13-,14-,17-,18-/m0/s1. The smallest absolute Gasteiger partial charge is 0.322 e. The molecule has 198 valence electrons. The fourth-order valence-corrected chi connectivity index (χ4v) is 3.74. The van der Waals surface area contributed by atoms with Gasteiger partial charge in [0.2, 0.25) is 29.5 Å². The van der Waals surface area contributed by atoms with Crippen LogP contribution in [0.4, 0.5) is 0 Å². The first-order chi connectivity index (χ1) is 16.3. The average molecular weight is 499 g/mol. The summed E-state index contributed by atoms with van der Waals surface area (Å²) in [4.78, 5) is 74.8. The molecule has 1 aliphatic heterocycles. The first-order valence-electron chi connectivity index (χ1n) is 11.7. The molecule has 1 fully saturated rings. The Balaban J connectivity index is 2.85. The van der Waals surface area contributed by atoms with Crippen LogP contribution >= 0.6 is 0 Å². The van der Waals surface area contributed by atoms with Gasteiger partial charge >= 0.3 is 5.97 Å². The highest BCUT2D eigenvalue weighted by Crippen LogP contribution is 2.18. The van der Waals surface area contributed by atoms with E-state index in [4.69, 9.17) is 10.8 Å². The Bertz CT molecular complexity index is 816. The number of likely N-dealkylation sites (tertiary alicyclic amines) is 1. The minimum absolute atomic E-state index is 0.263. The first kappa shape index (κ1) is 29.8. The zero-order valence-corrected chi connectivity index (χ0v) is 20.9. The normalized spacial score (nSPS) is 17.9. The van der Waals surface area contributed by atoms with E-state index in [1.165, 1.54) is 11.8 Å². The van der Waals surface area contributed by atoms with Crippen molar-refractivity contribution >= 4 is 35.5 Å². The third-order valence-corrected chi connectivity index (χ3v) is 5.68. The maximum atomic E-state index is 13.0. The molecule has 7 N–H and O–H groups in total. The van der Waals surface area contributed by atoms with E-state index in [-0.39, 0.29) is 18.4 Å². The van der Waals surface area contributed by atoms with Crippen LogP contribution in [0, 0.1) is 11.8 Å². The molecule has 0 spiro atoms. The number of hydrogen-bond donors (Lipinski definition) is 6. The fraction of sp³-hybridized carbons (Fsp3) is 0.727. The van der Waals surface area contributed by atoms with Crippen LogP contribution in [0.25, 0.3) is 0 Å². The minimum atomic E-state index is -1.20. The Labute approximate surface area is 204 Å². The van der Waals surface area contributed by atoms with Crippen molar-refractivity contribution in [1.29, 1.82) is 0 Å². The summed E-state index contributed by atoms with van der Waals surface area (Å²) in [5.41, 5.74) is 5.32. The predicted molar refractivity (Wildman–Crippen MR) is 126 cm³/mol. The molecule has 0 aromatic heterocycles. The summed E-state index contributed by atoms with van der Waals surface area (Å²) in [5, 5.41) is 18.8. The Kier molecular flexibility index (Phi) is 11.6. The molecular formula is C22H38N6O7. The molecule has 0 aliphatic carbocycles. The summed E-state index contributed by atoms with van der Waals surface area (Å²) in [6.07, 6.45) is 0.945. The van der Waals surface area contributed by atoms with Gasteiger partial charge in [0, 0.05) is 6.54 Å². The number of nitrogens with zero attached hydrogens (tertiary/aromatic N) is 1. The zero-order chi connectivity index (χ0) is 26.9. The number of carbonyl (C=O) groups is 6. The van der Waals surface area contributed by atoms with Gasteiger partial charge in [0.25, 0.3) is 0 Å². The average Bonchev–Trinajstić information content (AvgIpc) is 3.27. The van der Waals surface area contributed by atoms with Gasteiger partial charge in [-0.2, -0.15) is 0 Å². The SMILES string of the molecule is CC(C)[C@H](NC(=O)CN)C(=O)N[C@H](C(=O)N[C@@H](C)C(=O)N1CCC[C@H]1C(=O)NCC(=O)O)C(C)C. The van der Waals surface area contributed by atoms with Crippen LogP contribution in [0.15, 0.2) is 0 Å². The second kappa shape index (κ2) is 13.6. The van der Waals surface area contributed by atoms with Crippen molar-refractivity contribution in [3.8, 4) is 0 Å². The molecule has 5 amide bonds. The number of hydrogen-bond acceptors (Lipinski definition) is 7. The molecule has 1 saturated heterocycles. The van der Waals surface area contributed by atoms with E-state index < -0.39 is 66.2 Å². The number of rotatable bonds is 12. The maximum Gasteiger partial charge on any atom is 0.322 e. The lowest BCUT2D eigenvalue weighted by molar-refractivity contribution is -0.143. The van der Waals surface area contributed by atoms with E-state index in [9.17, 15) is 28.8 Å². The lowest BCUT2D eigenvalue weighted by atomic mass is 9.99. The lowest BCUT2D eigenvalue weighted by Crippen LogP contribution is -2.59. The number of nitrogens with one attached hydrogen (secondary N) is 4. The molecule has 1 rings (SSSR count). The number of carbonyl (C=O) groups excluding carboxylic acids is 5. The topological polar surface area (TPSA) is 200 Å². The van der Waals surface area contributed by atoms with Gasteiger partial charge < -0.3 is 37.0 Å². The van der Waals surface area contributed by atoms with Crippen molar-refractivity contribution in [3.63, 3.8) is 0 Å². The zero-order valence-electron chi connectivity index (χ0n) is 20.9. The van der Waals surface area contributed by atoms with Crippen LogP contribution in [0.3, 0.4) is 0 Å². The van der Waals surface area contributed by atoms with Gasteiger partial charge in [0.05, 0.1) is 6.54 Å². The molecule has 0 unspecified atom stereocenters. The van der Waals surface area contributed by atoms with E-state index in [1.54, 1.807) is 27.7 Å². The van der Waals surface area contributed by atoms with Crippen molar-refractivity contribution in [3.05, 3.63) is 0 Å². The van der Waals surface area contributed by atoms with E-state index >= 15 is 0 Å². The third-order valence-electron chi connectivity index (χ3n) is 5.68. The quantitative estimate of drug-likeness (QED) is 0.176.